The Kier molecular flexibility index (Phi) is 4.01. The van der Waals surface area contributed by atoms with Gasteiger partial charge in [-0.2, -0.15) is 13.9 Å². The number of rotatable bonds is 5. The lowest BCUT2D eigenvalue weighted by Gasteiger charge is -2.06. The van der Waals surface area contributed by atoms with E-state index < -0.39 is 6.61 Å². The van der Waals surface area contributed by atoms with Crippen LogP contribution in [0.15, 0.2) is 30.6 Å². The van der Waals surface area contributed by atoms with E-state index in [1.54, 1.807) is 0 Å². The molecule has 6 nitrogen and oxygen atoms in total. The maximum atomic E-state index is 11.9. The summed E-state index contributed by atoms with van der Waals surface area (Å²) < 4.78 is 28.1. The molecule has 0 saturated carbocycles. The van der Waals surface area contributed by atoms with Gasteiger partial charge < -0.3 is 10.1 Å². The van der Waals surface area contributed by atoms with Crippen LogP contribution in [0.5, 0.6) is 5.75 Å². The summed E-state index contributed by atoms with van der Waals surface area (Å²) in [5.74, 6) is 0.174. The van der Waals surface area contributed by atoms with E-state index in [0.29, 0.717) is 11.4 Å². The predicted octanol–water partition coefficient (Wildman–Crippen LogP) is 1.34. The van der Waals surface area contributed by atoms with Gasteiger partial charge >= 0.3 is 6.61 Å². The van der Waals surface area contributed by atoms with Crippen LogP contribution in [0.3, 0.4) is 0 Å². The van der Waals surface area contributed by atoms with Crippen LogP contribution in [-0.4, -0.2) is 27.7 Å². The molecule has 1 heterocycles. The fourth-order valence-electron chi connectivity index (χ4n) is 1.37. The highest BCUT2D eigenvalue weighted by molar-refractivity contribution is 5.94. The minimum Gasteiger partial charge on any atom is -0.435 e. The lowest BCUT2D eigenvalue weighted by molar-refractivity contribution is -0.0498. The topological polar surface area (TPSA) is 79.9 Å². The zero-order valence-corrected chi connectivity index (χ0v) is 9.64. The Bertz CT molecular complexity index is 528. The quantitative estimate of drug-likeness (QED) is 0.857. The van der Waals surface area contributed by atoms with E-state index >= 15 is 0 Å². The van der Waals surface area contributed by atoms with Crippen LogP contribution in [0.2, 0.25) is 0 Å². The lowest BCUT2D eigenvalue weighted by Crippen LogP contribution is -2.23. The van der Waals surface area contributed by atoms with Crippen molar-refractivity contribution in [2.45, 2.75) is 13.2 Å². The van der Waals surface area contributed by atoms with Gasteiger partial charge in [0, 0.05) is 5.56 Å². The van der Waals surface area contributed by atoms with Crippen LogP contribution >= 0.6 is 0 Å². The van der Waals surface area contributed by atoms with Crippen molar-refractivity contribution in [3.05, 3.63) is 42.0 Å². The molecule has 0 atom stereocenters. The summed E-state index contributed by atoms with van der Waals surface area (Å²) in [6.45, 7) is -2.68. The van der Waals surface area contributed by atoms with Gasteiger partial charge in [-0.15, -0.1) is 0 Å². The van der Waals surface area contributed by atoms with E-state index in [1.807, 2.05) is 0 Å². The number of halogens is 2. The maximum Gasteiger partial charge on any atom is 0.387 e. The highest BCUT2D eigenvalue weighted by Gasteiger charge is 2.08. The Morgan fingerprint density at radius 1 is 1.37 bits per heavy atom. The number of carbonyl (C=O) groups excluding carboxylic acids is 1. The number of hydrogen-bond donors (Lipinski definition) is 2. The molecule has 0 bridgehead atoms. The molecule has 100 valence electrons. The second-order valence-electron chi connectivity index (χ2n) is 3.52. The van der Waals surface area contributed by atoms with Crippen molar-refractivity contribution in [1.82, 2.24) is 20.5 Å². The fourth-order valence-corrected chi connectivity index (χ4v) is 1.37. The number of amides is 1. The van der Waals surface area contributed by atoms with Gasteiger partial charge in [-0.3, -0.25) is 9.89 Å². The van der Waals surface area contributed by atoms with Gasteiger partial charge in [0.05, 0.1) is 6.54 Å². The Morgan fingerprint density at radius 2 is 2.11 bits per heavy atom. The van der Waals surface area contributed by atoms with E-state index in [1.165, 1.54) is 30.6 Å². The molecule has 0 saturated heterocycles. The molecule has 19 heavy (non-hydrogen) atoms. The van der Waals surface area contributed by atoms with E-state index in [2.05, 4.69) is 25.2 Å². The predicted molar refractivity (Wildman–Crippen MR) is 60.6 cm³/mol. The first kappa shape index (κ1) is 12.9. The number of ether oxygens (including phenoxy) is 1. The molecule has 1 amide bonds. The molecular formula is C11H10F2N4O2. The average Bonchev–Trinajstić information content (AvgIpc) is 2.89. The van der Waals surface area contributed by atoms with Gasteiger partial charge in [-0.1, -0.05) is 0 Å². The standard InChI is InChI=1S/C11H10F2N4O2/c12-11(13)19-8-3-1-7(2-4-8)10(18)14-5-9-15-6-16-17-9/h1-4,6,11H,5H2,(H,14,18)(H,15,16,17). The Hall–Kier alpha value is -2.51. The summed E-state index contributed by atoms with van der Waals surface area (Å²) in [5.41, 5.74) is 0.334. The molecule has 8 heteroatoms. The monoisotopic (exact) mass is 268 g/mol. The van der Waals surface area contributed by atoms with Gasteiger partial charge in [0.25, 0.3) is 5.91 Å². The number of alkyl halides is 2. The Balaban J connectivity index is 1.92. The van der Waals surface area contributed by atoms with Gasteiger partial charge in [0.15, 0.2) is 0 Å². The second kappa shape index (κ2) is 5.89. The number of H-pyrrole nitrogens is 1. The van der Waals surface area contributed by atoms with Crippen molar-refractivity contribution in [2.75, 3.05) is 0 Å². The SMILES string of the molecule is O=C(NCc1ncn[nH]1)c1ccc(OC(F)F)cc1. The zero-order chi connectivity index (χ0) is 13.7. The van der Waals surface area contributed by atoms with Crippen molar-refractivity contribution < 1.29 is 18.3 Å². The van der Waals surface area contributed by atoms with Crippen LogP contribution in [0.25, 0.3) is 0 Å². The molecule has 0 aliphatic carbocycles. The van der Waals surface area contributed by atoms with E-state index in [-0.39, 0.29) is 18.2 Å². The van der Waals surface area contributed by atoms with Gasteiger partial charge in [0.1, 0.15) is 17.9 Å². The minimum absolute atomic E-state index is 0.00165. The maximum absolute atomic E-state index is 11.9. The lowest BCUT2D eigenvalue weighted by atomic mass is 10.2. The molecule has 0 spiro atoms. The molecule has 2 N–H and O–H groups in total. The van der Waals surface area contributed by atoms with E-state index in [0.717, 1.165) is 0 Å². The fraction of sp³-hybridized carbons (Fsp3) is 0.182. The molecule has 1 aromatic heterocycles. The molecule has 0 radical (unpaired) electrons. The van der Waals surface area contributed by atoms with Crippen LogP contribution < -0.4 is 10.1 Å². The Labute approximate surface area is 106 Å². The first-order valence-corrected chi connectivity index (χ1v) is 5.32. The number of aromatic nitrogens is 3. The second-order valence-corrected chi connectivity index (χ2v) is 3.52. The van der Waals surface area contributed by atoms with Crippen molar-refractivity contribution in [3.8, 4) is 5.75 Å². The molecular weight excluding hydrogens is 258 g/mol. The molecule has 0 unspecified atom stereocenters. The molecule has 0 aliphatic rings. The number of hydrogen-bond acceptors (Lipinski definition) is 4. The molecule has 0 fully saturated rings. The average molecular weight is 268 g/mol. The number of carbonyl (C=O) groups is 1. The summed E-state index contributed by atoms with van der Waals surface area (Å²) >= 11 is 0. The summed E-state index contributed by atoms with van der Waals surface area (Å²) in [4.78, 5) is 15.6. The zero-order valence-electron chi connectivity index (χ0n) is 9.64. The molecule has 2 rings (SSSR count). The van der Waals surface area contributed by atoms with Crippen LogP contribution in [-0.2, 0) is 6.54 Å². The van der Waals surface area contributed by atoms with E-state index in [9.17, 15) is 13.6 Å². The van der Waals surface area contributed by atoms with Crippen molar-refractivity contribution >= 4 is 5.91 Å². The van der Waals surface area contributed by atoms with Crippen LogP contribution in [0.1, 0.15) is 16.2 Å². The third-order valence-corrected chi connectivity index (χ3v) is 2.22. The molecule has 1 aromatic carbocycles. The first-order chi connectivity index (χ1) is 9.15. The van der Waals surface area contributed by atoms with Gasteiger partial charge in [-0.25, -0.2) is 4.98 Å². The number of nitrogens with one attached hydrogen (secondary N) is 2. The highest BCUT2D eigenvalue weighted by atomic mass is 19.3. The summed E-state index contributed by atoms with van der Waals surface area (Å²) in [7, 11) is 0. The minimum atomic E-state index is -2.88. The van der Waals surface area contributed by atoms with Gasteiger partial charge in [0.2, 0.25) is 0 Å². The van der Waals surface area contributed by atoms with Crippen molar-refractivity contribution in [3.63, 3.8) is 0 Å². The number of benzene rings is 1. The van der Waals surface area contributed by atoms with Crippen LogP contribution in [0.4, 0.5) is 8.78 Å². The third kappa shape index (κ3) is 3.73. The normalized spacial score (nSPS) is 10.5. The van der Waals surface area contributed by atoms with Crippen LogP contribution in [0, 0.1) is 0 Å². The van der Waals surface area contributed by atoms with Gasteiger partial charge in [-0.05, 0) is 24.3 Å². The smallest absolute Gasteiger partial charge is 0.387 e. The highest BCUT2D eigenvalue weighted by Crippen LogP contribution is 2.14. The summed E-state index contributed by atoms with van der Waals surface area (Å²) in [6.07, 6.45) is 1.33. The van der Waals surface area contributed by atoms with Crippen molar-refractivity contribution in [1.29, 1.82) is 0 Å². The third-order valence-electron chi connectivity index (χ3n) is 2.22. The first-order valence-electron chi connectivity index (χ1n) is 5.32. The van der Waals surface area contributed by atoms with E-state index in [4.69, 9.17) is 0 Å². The summed E-state index contributed by atoms with van der Waals surface area (Å²) in [6, 6.07) is 5.39. The largest absolute Gasteiger partial charge is 0.435 e. The molecule has 0 aliphatic heterocycles. The number of aromatic amines is 1. The number of nitrogens with zero attached hydrogens (tertiary/aromatic N) is 2. The van der Waals surface area contributed by atoms with Crippen molar-refractivity contribution in [2.24, 2.45) is 0 Å². The molecule has 2 aromatic rings. The Morgan fingerprint density at radius 3 is 2.68 bits per heavy atom. The summed E-state index contributed by atoms with van der Waals surface area (Å²) in [5, 5.41) is 8.83.